The van der Waals surface area contributed by atoms with Crippen molar-refractivity contribution in [3.05, 3.63) is 29.8 Å². The van der Waals surface area contributed by atoms with Crippen molar-refractivity contribution >= 4 is 11.8 Å². The van der Waals surface area contributed by atoms with Crippen molar-refractivity contribution in [2.24, 2.45) is 0 Å². The Morgan fingerprint density at radius 1 is 1.39 bits per heavy atom. The molecule has 1 atom stereocenters. The van der Waals surface area contributed by atoms with Gasteiger partial charge in [-0.25, -0.2) is 0 Å². The molecule has 18 heavy (non-hydrogen) atoms. The molecule has 98 valence electrons. The molecule has 0 fully saturated rings. The second-order valence-electron chi connectivity index (χ2n) is 4.27. The minimum absolute atomic E-state index is 0.560. The number of hydrogen-bond donors (Lipinski definition) is 0. The Hall–Kier alpha value is -1.18. The van der Waals surface area contributed by atoms with Crippen LogP contribution >= 0.6 is 11.8 Å². The Bertz CT molecular complexity index is 386. The van der Waals surface area contributed by atoms with E-state index in [1.807, 2.05) is 23.9 Å². The molecule has 0 saturated carbocycles. The van der Waals surface area contributed by atoms with E-state index in [0.717, 1.165) is 18.0 Å². The first-order valence-corrected chi connectivity index (χ1v) is 7.39. The molecule has 1 rings (SSSR count). The summed E-state index contributed by atoms with van der Waals surface area (Å²) >= 11 is 1.86. The van der Waals surface area contributed by atoms with Crippen LogP contribution in [0.4, 0.5) is 0 Å². The number of ether oxygens (including phenoxy) is 1. The summed E-state index contributed by atoms with van der Waals surface area (Å²) in [5.41, 5.74) is 0.660. The van der Waals surface area contributed by atoms with Crippen molar-refractivity contribution in [3.8, 4) is 11.8 Å². The molecule has 0 radical (unpaired) electrons. The van der Waals surface area contributed by atoms with Crippen molar-refractivity contribution in [2.45, 2.75) is 13.0 Å². The van der Waals surface area contributed by atoms with E-state index in [2.05, 4.69) is 31.2 Å². The molecule has 0 aliphatic heterocycles. The Morgan fingerprint density at radius 3 is 2.61 bits per heavy atom. The number of nitrogens with zero attached hydrogens (tertiary/aromatic N) is 2. The van der Waals surface area contributed by atoms with Crippen LogP contribution in [0.3, 0.4) is 0 Å². The van der Waals surface area contributed by atoms with Crippen LogP contribution in [0.5, 0.6) is 5.75 Å². The Labute approximate surface area is 114 Å². The topological polar surface area (TPSA) is 36.3 Å². The lowest BCUT2D eigenvalue weighted by Gasteiger charge is -2.23. The van der Waals surface area contributed by atoms with Crippen molar-refractivity contribution in [1.82, 2.24) is 4.90 Å². The van der Waals surface area contributed by atoms with Gasteiger partial charge in [0.1, 0.15) is 12.4 Å². The highest BCUT2D eigenvalue weighted by molar-refractivity contribution is 7.98. The van der Waals surface area contributed by atoms with Gasteiger partial charge in [0, 0.05) is 18.3 Å². The largest absolute Gasteiger partial charge is 0.492 e. The zero-order chi connectivity index (χ0) is 13.4. The third-order valence-electron chi connectivity index (χ3n) is 2.86. The van der Waals surface area contributed by atoms with Gasteiger partial charge in [0.05, 0.1) is 11.6 Å². The zero-order valence-corrected chi connectivity index (χ0v) is 12.0. The van der Waals surface area contributed by atoms with Crippen LogP contribution < -0.4 is 4.74 Å². The molecule has 3 nitrogen and oxygen atoms in total. The van der Waals surface area contributed by atoms with Gasteiger partial charge in [-0.3, -0.25) is 4.90 Å². The number of likely N-dealkylation sites (N-methyl/N-ethyl adjacent to an activating group) is 1. The third kappa shape index (κ3) is 4.99. The van der Waals surface area contributed by atoms with E-state index in [1.165, 1.54) is 0 Å². The standard InChI is InChI=1S/C14H20N2OS/c1-12(11-18-3)16(2)8-9-17-14-6-4-13(10-15)5-7-14/h4-7,12H,8-9,11H2,1-3H3. The van der Waals surface area contributed by atoms with Gasteiger partial charge in [-0.05, 0) is 44.5 Å². The summed E-state index contributed by atoms with van der Waals surface area (Å²) in [4.78, 5) is 2.29. The van der Waals surface area contributed by atoms with E-state index in [9.17, 15) is 0 Å². The minimum Gasteiger partial charge on any atom is -0.492 e. The third-order valence-corrected chi connectivity index (χ3v) is 3.67. The van der Waals surface area contributed by atoms with E-state index >= 15 is 0 Å². The second-order valence-corrected chi connectivity index (χ2v) is 5.18. The Morgan fingerprint density at radius 2 is 2.06 bits per heavy atom. The first-order valence-electron chi connectivity index (χ1n) is 5.99. The van der Waals surface area contributed by atoms with E-state index in [4.69, 9.17) is 10.00 Å². The van der Waals surface area contributed by atoms with Gasteiger partial charge in [-0.15, -0.1) is 0 Å². The number of rotatable bonds is 7. The van der Waals surface area contributed by atoms with Gasteiger partial charge in [-0.1, -0.05) is 0 Å². The molecular formula is C14H20N2OS. The van der Waals surface area contributed by atoms with Crippen molar-refractivity contribution in [1.29, 1.82) is 5.26 Å². The Balaban J connectivity index is 2.30. The summed E-state index contributed by atoms with van der Waals surface area (Å²) < 4.78 is 5.65. The van der Waals surface area contributed by atoms with Gasteiger partial charge in [0.2, 0.25) is 0 Å². The fourth-order valence-electron chi connectivity index (χ4n) is 1.52. The average molecular weight is 264 g/mol. The van der Waals surface area contributed by atoms with E-state index in [-0.39, 0.29) is 0 Å². The minimum atomic E-state index is 0.560. The number of thioether (sulfide) groups is 1. The van der Waals surface area contributed by atoms with Crippen LogP contribution in [0.2, 0.25) is 0 Å². The summed E-state index contributed by atoms with van der Waals surface area (Å²) in [7, 11) is 2.11. The molecule has 1 aromatic carbocycles. The van der Waals surface area contributed by atoms with E-state index in [0.29, 0.717) is 18.2 Å². The second kappa shape index (κ2) is 8.02. The smallest absolute Gasteiger partial charge is 0.119 e. The highest BCUT2D eigenvalue weighted by atomic mass is 32.2. The lowest BCUT2D eigenvalue weighted by Crippen LogP contribution is -2.34. The molecule has 0 bridgehead atoms. The summed E-state index contributed by atoms with van der Waals surface area (Å²) in [5.74, 6) is 1.95. The maximum Gasteiger partial charge on any atom is 0.119 e. The van der Waals surface area contributed by atoms with Gasteiger partial charge >= 0.3 is 0 Å². The highest BCUT2D eigenvalue weighted by Crippen LogP contribution is 2.11. The number of hydrogen-bond acceptors (Lipinski definition) is 4. The van der Waals surface area contributed by atoms with Crippen LogP contribution in [0.15, 0.2) is 24.3 Å². The summed E-state index contributed by atoms with van der Waals surface area (Å²) in [6, 6.07) is 9.87. The normalized spacial score (nSPS) is 12.2. The van der Waals surface area contributed by atoms with Crippen LogP contribution in [-0.2, 0) is 0 Å². The maximum absolute atomic E-state index is 8.69. The highest BCUT2D eigenvalue weighted by Gasteiger charge is 2.07. The molecule has 0 aliphatic carbocycles. The molecule has 1 aromatic rings. The monoisotopic (exact) mass is 264 g/mol. The summed E-state index contributed by atoms with van der Waals surface area (Å²) in [6.45, 7) is 3.79. The molecule has 0 N–H and O–H groups in total. The van der Waals surface area contributed by atoms with Crippen molar-refractivity contribution < 1.29 is 4.74 Å². The van der Waals surface area contributed by atoms with Crippen LogP contribution in [-0.4, -0.2) is 43.1 Å². The fraction of sp³-hybridized carbons (Fsp3) is 0.500. The molecule has 0 heterocycles. The molecule has 0 spiro atoms. The molecule has 0 saturated heterocycles. The maximum atomic E-state index is 8.69. The molecule has 0 aliphatic rings. The van der Waals surface area contributed by atoms with Gasteiger partial charge in [-0.2, -0.15) is 17.0 Å². The molecule has 1 unspecified atom stereocenters. The van der Waals surface area contributed by atoms with Crippen molar-refractivity contribution in [3.63, 3.8) is 0 Å². The van der Waals surface area contributed by atoms with Crippen molar-refractivity contribution in [2.75, 3.05) is 32.2 Å². The van der Waals surface area contributed by atoms with E-state index in [1.54, 1.807) is 12.1 Å². The SMILES string of the molecule is CSCC(C)N(C)CCOc1ccc(C#N)cc1. The first kappa shape index (κ1) is 14.9. The predicted molar refractivity (Wildman–Crippen MR) is 77.1 cm³/mol. The first-order chi connectivity index (χ1) is 8.67. The Kier molecular flexibility index (Phi) is 6.63. The fourth-order valence-corrected chi connectivity index (χ4v) is 2.26. The average Bonchev–Trinajstić information content (AvgIpc) is 2.39. The predicted octanol–water partition coefficient (Wildman–Crippen LogP) is 2.62. The zero-order valence-electron chi connectivity index (χ0n) is 11.2. The van der Waals surface area contributed by atoms with Gasteiger partial charge in [0.15, 0.2) is 0 Å². The summed E-state index contributed by atoms with van der Waals surface area (Å²) in [6.07, 6.45) is 2.12. The van der Waals surface area contributed by atoms with Crippen LogP contribution in [0.1, 0.15) is 12.5 Å². The number of benzene rings is 1. The lowest BCUT2D eigenvalue weighted by atomic mass is 10.2. The molecular weight excluding hydrogens is 244 g/mol. The van der Waals surface area contributed by atoms with E-state index < -0.39 is 0 Å². The summed E-state index contributed by atoms with van der Waals surface area (Å²) in [5, 5.41) is 8.69. The molecule has 4 heteroatoms. The van der Waals surface area contributed by atoms with Gasteiger partial charge in [0.25, 0.3) is 0 Å². The molecule has 0 amide bonds. The van der Waals surface area contributed by atoms with Gasteiger partial charge < -0.3 is 4.74 Å². The number of nitriles is 1. The van der Waals surface area contributed by atoms with Crippen LogP contribution in [0.25, 0.3) is 0 Å². The lowest BCUT2D eigenvalue weighted by molar-refractivity contribution is 0.210. The van der Waals surface area contributed by atoms with Crippen LogP contribution in [0, 0.1) is 11.3 Å². The quantitative estimate of drug-likeness (QED) is 0.758. The molecule has 0 aromatic heterocycles.